The van der Waals surface area contributed by atoms with Crippen LogP contribution in [0.4, 0.5) is 0 Å². The van der Waals surface area contributed by atoms with Crippen LogP contribution >= 0.6 is 0 Å². The molecule has 0 saturated carbocycles. The van der Waals surface area contributed by atoms with Crippen LogP contribution < -0.4 is 0 Å². The Morgan fingerprint density at radius 1 is 1.30 bits per heavy atom. The van der Waals surface area contributed by atoms with Crippen molar-refractivity contribution in [3.8, 4) is 11.3 Å². The minimum atomic E-state index is -0.324. The number of pyridine rings is 1. The molecule has 1 aromatic carbocycles. The number of H-pyrrole nitrogens is 1. The van der Waals surface area contributed by atoms with E-state index in [0.717, 1.165) is 27.7 Å². The van der Waals surface area contributed by atoms with Gasteiger partial charge in [-0.3, -0.25) is 4.98 Å². The van der Waals surface area contributed by atoms with Gasteiger partial charge in [0.05, 0.1) is 18.4 Å². The minimum absolute atomic E-state index is 0.324. The molecule has 0 aliphatic heterocycles. The molecule has 0 amide bonds. The average molecular weight is 266 g/mol. The van der Waals surface area contributed by atoms with Gasteiger partial charge in [-0.05, 0) is 42.8 Å². The number of fused-ring (bicyclic) bond motifs is 1. The van der Waals surface area contributed by atoms with Crippen molar-refractivity contribution >= 4 is 16.9 Å². The molecule has 0 spiro atoms. The highest BCUT2D eigenvalue weighted by atomic mass is 16.5. The zero-order valence-electron chi connectivity index (χ0n) is 11.3. The number of hydrogen-bond acceptors (Lipinski definition) is 3. The van der Waals surface area contributed by atoms with E-state index in [9.17, 15) is 4.79 Å². The molecule has 0 aliphatic carbocycles. The van der Waals surface area contributed by atoms with Gasteiger partial charge in [0.1, 0.15) is 0 Å². The standard InChI is InChI=1S/C16H14N2O2/c1-10-13-8-11(16(19)20-2)5-6-14(13)18-15(10)12-4-3-7-17-9-12/h3-9,18H,1-2H3. The van der Waals surface area contributed by atoms with Gasteiger partial charge in [-0.25, -0.2) is 4.79 Å². The lowest BCUT2D eigenvalue weighted by molar-refractivity contribution is 0.0601. The van der Waals surface area contributed by atoms with E-state index >= 15 is 0 Å². The number of nitrogens with zero attached hydrogens (tertiary/aromatic N) is 1. The van der Waals surface area contributed by atoms with Gasteiger partial charge in [0.25, 0.3) is 0 Å². The number of hydrogen-bond donors (Lipinski definition) is 1. The van der Waals surface area contributed by atoms with Gasteiger partial charge in [0.15, 0.2) is 0 Å². The summed E-state index contributed by atoms with van der Waals surface area (Å²) in [6, 6.07) is 9.42. The van der Waals surface area contributed by atoms with Gasteiger partial charge in [-0.1, -0.05) is 0 Å². The Morgan fingerprint density at radius 3 is 2.85 bits per heavy atom. The molecular formula is C16H14N2O2. The fourth-order valence-corrected chi connectivity index (χ4v) is 2.37. The molecule has 0 atom stereocenters. The second-order valence-corrected chi connectivity index (χ2v) is 4.62. The van der Waals surface area contributed by atoms with Crippen LogP contribution in [0.1, 0.15) is 15.9 Å². The first-order valence-corrected chi connectivity index (χ1v) is 6.31. The molecule has 1 N–H and O–H groups in total. The van der Waals surface area contributed by atoms with E-state index in [4.69, 9.17) is 4.74 Å². The molecule has 4 heteroatoms. The number of ether oxygens (including phenoxy) is 1. The highest BCUT2D eigenvalue weighted by Gasteiger charge is 2.12. The van der Waals surface area contributed by atoms with Crippen molar-refractivity contribution in [2.45, 2.75) is 6.92 Å². The fraction of sp³-hybridized carbons (Fsp3) is 0.125. The first-order chi connectivity index (χ1) is 9.70. The van der Waals surface area contributed by atoms with Crippen LogP contribution in [-0.4, -0.2) is 23.0 Å². The van der Waals surface area contributed by atoms with Gasteiger partial charge in [0.2, 0.25) is 0 Å². The van der Waals surface area contributed by atoms with Gasteiger partial charge in [-0.2, -0.15) is 0 Å². The lowest BCUT2D eigenvalue weighted by Gasteiger charge is -2.00. The quantitative estimate of drug-likeness (QED) is 0.724. The molecule has 0 aliphatic rings. The number of esters is 1. The summed E-state index contributed by atoms with van der Waals surface area (Å²) in [5, 5.41) is 1.02. The number of nitrogens with one attached hydrogen (secondary N) is 1. The molecular weight excluding hydrogens is 252 g/mol. The van der Waals surface area contributed by atoms with Crippen molar-refractivity contribution in [1.29, 1.82) is 0 Å². The Hall–Kier alpha value is -2.62. The van der Waals surface area contributed by atoms with Gasteiger partial charge < -0.3 is 9.72 Å². The molecule has 0 fully saturated rings. The molecule has 20 heavy (non-hydrogen) atoms. The van der Waals surface area contributed by atoms with E-state index < -0.39 is 0 Å². The molecule has 3 aromatic rings. The number of aromatic nitrogens is 2. The second-order valence-electron chi connectivity index (χ2n) is 4.62. The maximum absolute atomic E-state index is 11.6. The van der Waals surface area contributed by atoms with Crippen molar-refractivity contribution in [3.63, 3.8) is 0 Å². The maximum atomic E-state index is 11.6. The zero-order valence-corrected chi connectivity index (χ0v) is 11.3. The lowest BCUT2D eigenvalue weighted by atomic mass is 10.1. The lowest BCUT2D eigenvalue weighted by Crippen LogP contribution is -2.00. The highest BCUT2D eigenvalue weighted by molar-refractivity contribution is 5.97. The largest absolute Gasteiger partial charge is 0.465 e. The van der Waals surface area contributed by atoms with E-state index in [2.05, 4.69) is 9.97 Å². The van der Waals surface area contributed by atoms with Crippen LogP contribution in [0.25, 0.3) is 22.2 Å². The average Bonchev–Trinajstić information content (AvgIpc) is 2.84. The topological polar surface area (TPSA) is 55.0 Å². The van der Waals surface area contributed by atoms with E-state index in [1.165, 1.54) is 7.11 Å². The Labute approximate surface area is 116 Å². The molecule has 0 bridgehead atoms. The molecule has 0 unspecified atom stereocenters. The van der Waals surface area contributed by atoms with Crippen LogP contribution in [0.5, 0.6) is 0 Å². The first kappa shape index (κ1) is 12.4. The normalized spacial score (nSPS) is 10.7. The van der Waals surface area contributed by atoms with Crippen LogP contribution in [0, 0.1) is 6.92 Å². The summed E-state index contributed by atoms with van der Waals surface area (Å²) in [5.74, 6) is -0.324. The summed E-state index contributed by atoms with van der Waals surface area (Å²) in [7, 11) is 1.39. The van der Waals surface area contributed by atoms with Crippen LogP contribution in [0.15, 0.2) is 42.7 Å². The number of carbonyl (C=O) groups excluding carboxylic acids is 1. The number of carbonyl (C=O) groups is 1. The Balaban J connectivity index is 2.18. The highest BCUT2D eigenvalue weighted by Crippen LogP contribution is 2.29. The summed E-state index contributed by atoms with van der Waals surface area (Å²) >= 11 is 0. The molecule has 100 valence electrons. The Bertz CT molecular complexity index is 776. The summed E-state index contributed by atoms with van der Waals surface area (Å²) in [6.07, 6.45) is 3.57. The second kappa shape index (κ2) is 4.81. The summed E-state index contributed by atoms with van der Waals surface area (Å²) in [4.78, 5) is 19.1. The zero-order chi connectivity index (χ0) is 14.1. The van der Waals surface area contributed by atoms with Crippen LogP contribution in [0.3, 0.4) is 0 Å². The third-order valence-corrected chi connectivity index (χ3v) is 3.43. The minimum Gasteiger partial charge on any atom is -0.465 e. The number of aryl methyl sites for hydroxylation is 1. The predicted molar refractivity (Wildman–Crippen MR) is 77.6 cm³/mol. The van der Waals surface area contributed by atoms with Crippen molar-refractivity contribution < 1.29 is 9.53 Å². The van der Waals surface area contributed by atoms with Gasteiger partial charge in [0, 0.05) is 28.9 Å². The molecule has 2 aromatic heterocycles. The van der Waals surface area contributed by atoms with Crippen LogP contribution in [-0.2, 0) is 4.74 Å². The number of methoxy groups -OCH3 is 1. The third kappa shape index (κ3) is 1.95. The Morgan fingerprint density at radius 2 is 2.15 bits per heavy atom. The molecule has 2 heterocycles. The van der Waals surface area contributed by atoms with Crippen molar-refractivity contribution in [3.05, 3.63) is 53.9 Å². The predicted octanol–water partition coefficient (Wildman–Crippen LogP) is 3.32. The van der Waals surface area contributed by atoms with E-state index in [-0.39, 0.29) is 5.97 Å². The van der Waals surface area contributed by atoms with Gasteiger partial charge in [-0.15, -0.1) is 0 Å². The summed E-state index contributed by atoms with van der Waals surface area (Å²) in [5.41, 5.74) is 4.70. The maximum Gasteiger partial charge on any atom is 0.337 e. The smallest absolute Gasteiger partial charge is 0.337 e. The van der Waals surface area contributed by atoms with Crippen LogP contribution in [0.2, 0.25) is 0 Å². The first-order valence-electron chi connectivity index (χ1n) is 6.31. The summed E-state index contributed by atoms with van der Waals surface area (Å²) in [6.45, 7) is 2.03. The van der Waals surface area contributed by atoms with Crippen molar-refractivity contribution in [1.82, 2.24) is 9.97 Å². The third-order valence-electron chi connectivity index (χ3n) is 3.43. The van der Waals surface area contributed by atoms with E-state index in [1.54, 1.807) is 12.3 Å². The molecule has 0 radical (unpaired) electrons. The Kier molecular flexibility index (Phi) is 2.99. The number of aromatic amines is 1. The monoisotopic (exact) mass is 266 g/mol. The van der Waals surface area contributed by atoms with E-state index in [0.29, 0.717) is 5.56 Å². The molecule has 3 rings (SSSR count). The fourth-order valence-electron chi connectivity index (χ4n) is 2.37. The number of rotatable bonds is 2. The van der Waals surface area contributed by atoms with Crippen molar-refractivity contribution in [2.24, 2.45) is 0 Å². The van der Waals surface area contributed by atoms with Crippen molar-refractivity contribution in [2.75, 3.05) is 7.11 Å². The SMILES string of the molecule is COC(=O)c1ccc2[nH]c(-c3cccnc3)c(C)c2c1. The van der Waals surface area contributed by atoms with Gasteiger partial charge >= 0.3 is 5.97 Å². The number of benzene rings is 1. The van der Waals surface area contributed by atoms with E-state index in [1.807, 2.05) is 37.4 Å². The molecule has 4 nitrogen and oxygen atoms in total. The summed E-state index contributed by atoms with van der Waals surface area (Å²) < 4.78 is 4.76. The molecule has 0 saturated heterocycles.